The topological polar surface area (TPSA) is 87.2 Å². The Labute approximate surface area is 125 Å². The zero-order valence-electron chi connectivity index (χ0n) is 10.8. The minimum Gasteiger partial charge on any atom is -0.338 e. The largest absolute Gasteiger partial charge is 0.338 e. The molecule has 0 N–H and O–H groups in total. The molecule has 0 saturated heterocycles. The van der Waals surface area contributed by atoms with Crippen LogP contribution < -0.4 is 0 Å². The van der Waals surface area contributed by atoms with E-state index in [1.54, 1.807) is 6.92 Å². The van der Waals surface area contributed by atoms with E-state index in [2.05, 4.69) is 0 Å². The van der Waals surface area contributed by atoms with Crippen LogP contribution in [0.3, 0.4) is 0 Å². The van der Waals surface area contributed by atoms with Gasteiger partial charge >= 0.3 is 0 Å². The maximum Gasteiger partial charge on any atom is 0.290 e. The summed E-state index contributed by atoms with van der Waals surface area (Å²) in [5.41, 5.74) is -0.373. The SMILES string of the molecule is CC(CC#N)N(C)C(=O)c1cc(Cl)c(Cl)c([N+](=O)[O-])c1. The van der Waals surface area contributed by atoms with E-state index in [1.807, 2.05) is 6.07 Å². The monoisotopic (exact) mass is 315 g/mol. The Kier molecular flexibility index (Phi) is 5.31. The van der Waals surface area contributed by atoms with Crippen molar-refractivity contribution in [2.24, 2.45) is 0 Å². The summed E-state index contributed by atoms with van der Waals surface area (Å²) in [6, 6.07) is 3.99. The molecular weight excluding hydrogens is 305 g/mol. The lowest BCUT2D eigenvalue weighted by Gasteiger charge is -2.23. The van der Waals surface area contributed by atoms with Gasteiger partial charge in [0.05, 0.1) is 22.4 Å². The van der Waals surface area contributed by atoms with Crippen LogP contribution >= 0.6 is 23.2 Å². The van der Waals surface area contributed by atoms with Gasteiger partial charge in [-0.15, -0.1) is 0 Å². The molecule has 0 saturated carbocycles. The lowest BCUT2D eigenvalue weighted by Crippen LogP contribution is -2.34. The van der Waals surface area contributed by atoms with Crippen molar-refractivity contribution >= 4 is 34.8 Å². The minimum atomic E-state index is -0.705. The molecule has 0 aromatic heterocycles. The fourth-order valence-corrected chi connectivity index (χ4v) is 1.90. The van der Waals surface area contributed by atoms with E-state index in [4.69, 9.17) is 28.5 Å². The van der Waals surface area contributed by atoms with Gasteiger partial charge < -0.3 is 4.90 Å². The van der Waals surface area contributed by atoms with Crippen LogP contribution in [0.2, 0.25) is 10.0 Å². The Morgan fingerprint density at radius 3 is 2.65 bits per heavy atom. The Morgan fingerprint density at radius 2 is 2.15 bits per heavy atom. The molecule has 1 aromatic rings. The van der Waals surface area contributed by atoms with Gasteiger partial charge in [0.25, 0.3) is 11.6 Å². The van der Waals surface area contributed by atoms with Crippen molar-refractivity contribution in [1.29, 1.82) is 5.26 Å². The third-order valence-corrected chi connectivity index (χ3v) is 3.61. The van der Waals surface area contributed by atoms with Crippen molar-refractivity contribution in [1.82, 2.24) is 4.90 Å². The van der Waals surface area contributed by atoms with Gasteiger partial charge in [-0.3, -0.25) is 14.9 Å². The minimum absolute atomic E-state index is 0.0541. The van der Waals surface area contributed by atoms with E-state index in [1.165, 1.54) is 18.0 Å². The fraction of sp³-hybridized carbons (Fsp3) is 0.333. The lowest BCUT2D eigenvalue weighted by atomic mass is 10.1. The highest BCUT2D eigenvalue weighted by Crippen LogP contribution is 2.33. The molecule has 0 fully saturated rings. The number of nitriles is 1. The molecule has 6 nitrogen and oxygen atoms in total. The number of carbonyl (C=O) groups excluding carboxylic acids is 1. The second-order valence-electron chi connectivity index (χ2n) is 4.18. The van der Waals surface area contributed by atoms with Gasteiger partial charge in [-0.25, -0.2) is 0 Å². The number of nitro groups is 1. The molecule has 1 aromatic carbocycles. The van der Waals surface area contributed by atoms with Crippen LogP contribution in [-0.4, -0.2) is 28.8 Å². The number of nitrogens with zero attached hydrogens (tertiary/aromatic N) is 3. The average Bonchev–Trinajstić information content (AvgIpc) is 2.39. The van der Waals surface area contributed by atoms with Crippen LogP contribution in [0.5, 0.6) is 0 Å². The van der Waals surface area contributed by atoms with E-state index in [0.717, 1.165) is 6.07 Å². The number of nitro benzene ring substituents is 1. The van der Waals surface area contributed by atoms with Gasteiger partial charge in [-0.05, 0) is 13.0 Å². The third-order valence-electron chi connectivity index (χ3n) is 2.82. The van der Waals surface area contributed by atoms with Gasteiger partial charge in [-0.1, -0.05) is 23.2 Å². The van der Waals surface area contributed by atoms with Crippen molar-refractivity contribution in [2.75, 3.05) is 7.05 Å². The molecule has 0 aliphatic heterocycles. The number of benzene rings is 1. The van der Waals surface area contributed by atoms with Crippen molar-refractivity contribution in [2.45, 2.75) is 19.4 Å². The van der Waals surface area contributed by atoms with Crippen molar-refractivity contribution < 1.29 is 9.72 Å². The quantitative estimate of drug-likeness (QED) is 0.630. The van der Waals surface area contributed by atoms with Gasteiger partial charge in [-0.2, -0.15) is 5.26 Å². The summed E-state index contributed by atoms with van der Waals surface area (Å²) < 4.78 is 0. The number of hydrogen-bond acceptors (Lipinski definition) is 4. The van der Waals surface area contributed by atoms with Crippen LogP contribution in [0.15, 0.2) is 12.1 Å². The predicted octanol–water partition coefficient (Wildman–Crippen LogP) is 3.28. The Morgan fingerprint density at radius 1 is 1.55 bits per heavy atom. The molecular formula is C12H11Cl2N3O3. The summed E-state index contributed by atoms with van der Waals surface area (Å²) in [7, 11) is 1.51. The number of carbonyl (C=O) groups is 1. The molecule has 0 aliphatic rings. The second kappa shape index (κ2) is 6.55. The van der Waals surface area contributed by atoms with Crippen molar-refractivity contribution in [3.8, 4) is 6.07 Å². The van der Waals surface area contributed by atoms with E-state index in [0.29, 0.717) is 0 Å². The van der Waals surface area contributed by atoms with E-state index >= 15 is 0 Å². The molecule has 1 atom stereocenters. The lowest BCUT2D eigenvalue weighted by molar-refractivity contribution is -0.384. The second-order valence-corrected chi connectivity index (χ2v) is 4.96. The first kappa shape index (κ1) is 16.2. The van der Waals surface area contributed by atoms with Crippen LogP contribution in [0.1, 0.15) is 23.7 Å². The number of rotatable bonds is 4. The van der Waals surface area contributed by atoms with Gasteiger partial charge in [0.2, 0.25) is 0 Å². The molecule has 1 amide bonds. The Bertz CT molecular complexity index is 598. The first-order valence-electron chi connectivity index (χ1n) is 5.57. The van der Waals surface area contributed by atoms with Gasteiger partial charge in [0.15, 0.2) is 0 Å². The normalized spacial score (nSPS) is 11.6. The summed E-state index contributed by atoms with van der Waals surface area (Å²) in [6.07, 6.45) is 0.158. The molecule has 1 unspecified atom stereocenters. The zero-order valence-corrected chi connectivity index (χ0v) is 12.3. The average molecular weight is 316 g/mol. The number of halogens is 2. The highest BCUT2D eigenvalue weighted by molar-refractivity contribution is 6.43. The molecule has 106 valence electrons. The van der Waals surface area contributed by atoms with Crippen LogP contribution in [0.25, 0.3) is 0 Å². The smallest absolute Gasteiger partial charge is 0.290 e. The highest BCUT2D eigenvalue weighted by Gasteiger charge is 2.23. The van der Waals surface area contributed by atoms with E-state index in [9.17, 15) is 14.9 Å². The van der Waals surface area contributed by atoms with Crippen molar-refractivity contribution in [3.05, 3.63) is 37.9 Å². The van der Waals surface area contributed by atoms with Gasteiger partial charge in [0, 0.05) is 24.7 Å². The molecule has 20 heavy (non-hydrogen) atoms. The summed E-state index contributed by atoms with van der Waals surface area (Å²) in [6.45, 7) is 1.70. The third kappa shape index (κ3) is 3.38. The first-order valence-corrected chi connectivity index (χ1v) is 6.32. The molecule has 8 heteroatoms. The Balaban J connectivity index is 3.18. The molecule has 0 spiro atoms. The molecule has 0 aliphatic carbocycles. The van der Waals surface area contributed by atoms with Crippen molar-refractivity contribution in [3.63, 3.8) is 0 Å². The summed E-state index contributed by atoms with van der Waals surface area (Å²) in [4.78, 5) is 23.7. The molecule has 1 rings (SSSR count). The molecule has 0 radical (unpaired) electrons. The molecule has 0 heterocycles. The number of hydrogen-bond donors (Lipinski definition) is 0. The predicted molar refractivity (Wildman–Crippen MR) is 74.9 cm³/mol. The maximum atomic E-state index is 12.2. The van der Waals surface area contributed by atoms with Crippen LogP contribution in [0.4, 0.5) is 5.69 Å². The fourth-order valence-electron chi connectivity index (χ4n) is 1.50. The highest BCUT2D eigenvalue weighted by atomic mass is 35.5. The Hall–Kier alpha value is -1.84. The summed E-state index contributed by atoms with van der Waals surface area (Å²) in [5.74, 6) is -0.464. The summed E-state index contributed by atoms with van der Waals surface area (Å²) in [5, 5.41) is 19.2. The first-order chi connectivity index (χ1) is 9.29. The molecule has 0 bridgehead atoms. The van der Waals surface area contributed by atoms with E-state index in [-0.39, 0.29) is 28.1 Å². The van der Waals surface area contributed by atoms with Gasteiger partial charge in [0.1, 0.15) is 5.02 Å². The zero-order chi connectivity index (χ0) is 15.4. The number of amides is 1. The summed E-state index contributed by atoms with van der Waals surface area (Å²) >= 11 is 11.5. The maximum absolute atomic E-state index is 12.2. The van der Waals surface area contributed by atoms with E-state index < -0.39 is 16.5 Å². The van der Waals surface area contributed by atoms with Crippen LogP contribution in [-0.2, 0) is 0 Å². The van der Waals surface area contributed by atoms with Crippen LogP contribution in [0, 0.1) is 21.4 Å². The standard InChI is InChI=1S/C12H11Cl2N3O3/c1-7(3-4-15)16(2)12(18)8-5-9(13)11(14)10(6-8)17(19)20/h5-7H,3H2,1-2H3.